The van der Waals surface area contributed by atoms with Gasteiger partial charge in [-0.3, -0.25) is 0 Å². The largest absolute Gasteiger partial charge is 0.398 e. The van der Waals surface area contributed by atoms with Crippen LogP contribution in [0.1, 0.15) is 11.1 Å². The summed E-state index contributed by atoms with van der Waals surface area (Å²) in [6.07, 6.45) is 1.07. The summed E-state index contributed by atoms with van der Waals surface area (Å²) in [6.45, 7) is 2.02. The first kappa shape index (κ1) is 17.6. The van der Waals surface area contributed by atoms with E-state index < -0.39 is 0 Å². The van der Waals surface area contributed by atoms with E-state index in [0.717, 1.165) is 52.8 Å². The Morgan fingerprint density at radius 1 is 0.862 bits per heavy atom. The SMILES string of the molecule is CN1CCc2ccc(-c3nc(N)nc4c(-c5ccccc5)ccc(N)c34)cc2C1. The van der Waals surface area contributed by atoms with E-state index in [1.54, 1.807) is 0 Å². The number of nitrogens with two attached hydrogens (primary N) is 2. The van der Waals surface area contributed by atoms with E-state index in [9.17, 15) is 0 Å². The number of fused-ring (bicyclic) bond motifs is 2. The molecule has 0 unspecified atom stereocenters. The van der Waals surface area contributed by atoms with Crippen molar-refractivity contribution in [3.05, 3.63) is 71.8 Å². The molecule has 5 heteroatoms. The molecule has 0 aliphatic carbocycles. The van der Waals surface area contributed by atoms with Gasteiger partial charge in [0.15, 0.2) is 0 Å². The molecule has 2 heterocycles. The zero-order valence-corrected chi connectivity index (χ0v) is 16.4. The summed E-state index contributed by atoms with van der Waals surface area (Å²) in [5.74, 6) is 0.255. The molecule has 4 N–H and O–H groups in total. The van der Waals surface area contributed by atoms with Crippen LogP contribution in [0.5, 0.6) is 0 Å². The van der Waals surface area contributed by atoms with Crippen molar-refractivity contribution in [2.45, 2.75) is 13.0 Å². The standard InChI is InChI=1S/C24H23N5/c1-29-12-11-15-7-8-17(13-18(15)14-29)22-21-20(25)10-9-19(16-5-3-2-4-6-16)23(21)28-24(26)27-22/h2-10,13H,11-12,14,25H2,1H3,(H2,26,27,28). The van der Waals surface area contributed by atoms with Gasteiger partial charge < -0.3 is 16.4 Å². The van der Waals surface area contributed by atoms with Gasteiger partial charge in [-0.15, -0.1) is 0 Å². The van der Waals surface area contributed by atoms with E-state index in [1.807, 2.05) is 30.3 Å². The van der Waals surface area contributed by atoms with Crippen molar-refractivity contribution in [1.82, 2.24) is 14.9 Å². The maximum atomic E-state index is 6.42. The second-order valence-corrected chi connectivity index (χ2v) is 7.69. The lowest BCUT2D eigenvalue weighted by atomic mass is 9.94. The van der Waals surface area contributed by atoms with Gasteiger partial charge in [-0.2, -0.15) is 0 Å². The summed E-state index contributed by atoms with van der Waals surface area (Å²) in [5.41, 5.74) is 20.6. The molecule has 5 rings (SSSR count). The van der Waals surface area contributed by atoms with Crippen LogP contribution in [-0.4, -0.2) is 28.5 Å². The molecule has 1 aliphatic rings. The Hall–Kier alpha value is -3.44. The topological polar surface area (TPSA) is 81.1 Å². The summed E-state index contributed by atoms with van der Waals surface area (Å²) in [5, 5.41) is 0.852. The predicted octanol–water partition coefficient (Wildman–Crippen LogP) is 4.12. The number of aromatic nitrogens is 2. The highest BCUT2D eigenvalue weighted by Gasteiger charge is 2.18. The van der Waals surface area contributed by atoms with Gasteiger partial charge >= 0.3 is 0 Å². The molecule has 1 aliphatic heterocycles. The van der Waals surface area contributed by atoms with Gasteiger partial charge in [0.25, 0.3) is 0 Å². The van der Waals surface area contributed by atoms with Crippen LogP contribution in [-0.2, 0) is 13.0 Å². The first-order valence-electron chi connectivity index (χ1n) is 9.82. The van der Waals surface area contributed by atoms with Crippen molar-refractivity contribution in [2.24, 2.45) is 0 Å². The average Bonchev–Trinajstić information content (AvgIpc) is 2.73. The van der Waals surface area contributed by atoms with Crippen LogP contribution in [0.2, 0.25) is 0 Å². The number of nitrogens with zero attached hydrogens (tertiary/aromatic N) is 3. The van der Waals surface area contributed by atoms with E-state index in [1.165, 1.54) is 11.1 Å². The van der Waals surface area contributed by atoms with Crippen LogP contribution < -0.4 is 11.5 Å². The van der Waals surface area contributed by atoms with Crippen LogP contribution in [0.3, 0.4) is 0 Å². The van der Waals surface area contributed by atoms with Crippen molar-refractivity contribution in [3.8, 4) is 22.4 Å². The van der Waals surface area contributed by atoms with Gasteiger partial charge in [-0.25, -0.2) is 9.97 Å². The number of hydrogen-bond donors (Lipinski definition) is 2. The minimum absolute atomic E-state index is 0.255. The normalized spacial score (nSPS) is 14.1. The molecule has 0 bridgehead atoms. The molecule has 0 amide bonds. The molecule has 0 atom stereocenters. The third-order valence-electron chi connectivity index (χ3n) is 5.67. The number of hydrogen-bond acceptors (Lipinski definition) is 5. The molecule has 3 aromatic carbocycles. The number of likely N-dealkylation sites (N-methyl/N-ethyl adjacent to an activating group) is 1. The Labute approximate surface area is 170 Å². The molecule has 0 fully saturated rings. The fourth-order valence-electron chi connectivity index (χ4n) is 4.19. The molecule has 0 spiro atoms. The highest BCUT2D eigenvalue weighted by atomic mass is 15.1. The number of anilines is 2. The van der Waals surface area contributed by atoms with Gasteiger partial charge in [-0.1, -0.05) is 48.5 Å². The number of rotatable bonds is 2. The van der Waals surface area contributed by atoms with Crippen LogP contribution in [0.15, 0.2) is 60.7 Å². The third kappa shape index (κ3) is 3.09. The lowest BCUT2D eigenvalue weighted by Crippen LogP contribution is -2.26. The van der Waals surface area contributed by atoms with Crippen molar-refractivity contribution < 1.29 is 0 Å². The quantitative estimate of drug-likeness (QED) is 0.511. The molecule has 29 heavy (non-hydrogen) atoms. The van der Waals surface area contributed by atoms with Crippen LogP contribution in [0.25, 0.3) is 33.3 Å². The van der Waals surface area contributed by atoms with Crippen LogP contribution in [0, 0.1) is 0 Å². The minimum atomic E-state index is 0.255. The summed E-state index contributed by atoms with van der Waals surface area (Å²) in [7, 11) is 2.15. The molecular weight excluding hydrogens is 358 g/mol. The summed E-state index contributed by atoms with van der Waals surface area (Å²) in [4.78, 5) is 11.5. The molecule has 144 valence electrons. The highest BCUT2D eigenvalue weighted by Crippen LogP contribution is 2.37. The molecular formula is C24H23N5. The minimum Gasteiger partial charge on any atom is -0.398 e. The average molecular weight is 381 g/mol. The smallest absolute Gasteiger partial charge is 0.221 e. The maximum Gasteiger partial charge on any atom is 0.221 e. The lowest BCUT2D eigenvalue weighted by Gasteiger charge is -2.25. The molecule has 5 nitrogen and oxygen atoms in total. The lowest BCUT2D eigenvalue weighted by molar-refractivity contribution is 0.313. The second kappa shape index (κ2) is 6.87. The Balaban J connectivity index is 1.76. The molecule has 0 radical (unpaired) electrons. The Morgan fingerprint density at radius 3 is 2.52 bits per heavy atom. The predicted molar refractivity (Wildman–Crippen MR) is 119 cm³/mol. The first-order chi connectivity index (χ1) is 14.1. The van der Waals surface area contributed by atoms with Crippen LogP contribution >= 0.6 is 0 Å². The molecule has 0 saturated carbocycles. The van der Waals surface area contributed by atoms with Gasteiger partial charge in [0, 0.05) is 29.9 Å². The van der Waals surface area contributed by atoms with Crippen LogP contribution in [0.4, 0.5) is 11.6 Å². The summed E-state index contributed by atoms with van der Waals surface area (Å²) < 4.78 is 0. The van der Waals surface area contributed by atoms with Crippen molar-refractivity contribution >= 4 is 22.5 Å². The monoisotopic (exact) mass is 381 g/mol. The molecule has 1 aromatic heterocycles. The fourth-order valence-corrected chi connectivity index (χ4v) is 4.19. The summed E-state index contributed by atoms with van der Waals surface area (Å²) >= 11 is 0. The van der Waals surface area contributed by atoms with Crippen molar-refractivity contribution in [3.63, 3.8) is 0 Å². The number of nitrogen functional groups attached to an aromatic ring is 2. The highest BCUT2D eigenvalue weighted by molar-refractivity contribution is 6.07. The zero-order chi connectivity index (χ0) is 20.0. The fraction of sp³-hybridized carbons (Fsp3) is 0.167. The van der Waals surface area contributed by atoms with E-state index in [-0.39, 0.29) is 5.95 Å². The maximum absolute atomic E-state index is 6.42. The van der Waals surface area contributed by atoms with Crippen molar-refractivity contribution in [1.29, 1.82) is 0 Å². The Bertz CT molecular complexity index is 1220. The van der Waals surface area contributed by atoms with E-state index >= 15 is 0 Å². The van der Waals surface area contributed by atoms with E-state index in [0.29, 0.717) is 5.69 Å². The Kier molecular flexibility index (Phi) is 4.18. The second-order valence-electron chi connectivity index (χ2n) is 7.69. The number of benzene rings is 3. The van der Waals surface area contributed by atoms with Crippen molar-refractivity contribution in [2.75, 3.05) is 25.1 Å². The summed E-state index contributed by atoms with van der Waals surface area (Å²) in [6, 6.07) is 20.7. The Morgan fingerprint density at radius 2 is 1.69 bits per heavy atom. The van der Waals surface area contributed by atoms with E-state index in [4.69, 9.17) is 11.5 Å². The molecule has 0 saturated heterocycles. The zero-order valence-electron chi connectivity index (χ0n) is 16.4. The molecule has 4 aromatic rings. The third-order valence-corrected chi connectivity index (χ3v) is 5.67. The van der Waals surface area contributed by atoms with Gasteiger partial charge in [0.05, 0.1) is 16.6 Å². The van der Waals surface area contributed by atoms with Gasteiger partial charge in [0.2, 0.25) is 5.95 Å². The van der Waals surface area contributed by atoms with Gasteiger partial charge in [0.1, 0.15) is 0 Å². The first-order valence-corrected chi connectivity index (χ1v) is 9.82. The van der Waals surface area contributed by atoms with Gasteiger partial charge in [-0.05, 0) is 42.3 Å². The van der Waals surface area contributed by atoms with E-state index in [2.05, 4.69) is 52.2 Å².